The molecular formula is C10H9FN2. The molecule has 0 spiro atoms. The van der Waals surface area contributed by atoms with E-state index >= 15 is 0 Å². The fraction of sp³-hybridized carbons (Fsp3) is 0.100. The van der Waals surface area contributed by atoms with Gasteiger partial charge in [0.2, 0.25) is 0 Å². The van der Waals surface area contributed by atoms with Gasteiger partial charge in [0.1, 0.15) is 5.82 Å². The molecular weight excluding hydrogens is 167 g/mol. The van der Waals surface area contributed by atoms with Crippen LogP contribution in [0.5, 0.6) is 0 Å². The molecule has 0 radical (unpaired) electrons. The molecule has 3 heteroatoms. The lowest BCUT2D eigenvalue weighted by Gasteiger charge is -1.83. The van der Waals surface area contributed by atoms with Gasteiger partial charge in [-0.3, -0.25) is 0 Å². The third-order valence-electron chi connectivity index (χ3n) is 1.84. The molecule has 2 nitrogen and oxygen atoms in total. The Labute approximate surface area is 75.1 Å². The minimum Gasteiger partial charge on any atom is -0.342 e. The van der Waals surface area contributed by atoms with Crippen molar-refractivity contribution in [2.45, 2.75) is 6.42 Å². The third-order valence-corrected chi connectivity index (χ3v) is 1.84. The van der Waals surface area contributed by atoms with Crippen LogP contribution in [0.2, 0.25) is 0 Å². The molecule has 1 aromatic heterocycles. The van der Waals surface area contributed by atoms with Crippen molar-refractivity contribution < 1.29 is 4.39 Å². The van der Waals surface area contributed by atoms with Crippen LogP contribution in [-0.2, 0) is 6.42 Å². The molecule has 1 aromatic carbocycles. The normalized spacial score (nSPS) is 11.5. The number of aromatic nitrogens is 2. The number of para-hydroxylation sites is 2. The van der Waals surface area contributed by atoms with Gasteiger partial charge < -0.3 is 4.98 Å². The molecule has 0 aliphatic heterocycles. The van der Waals surface area contributed by atoms with Gasteiger partial charge in [-0.25, -0.2) is 9.37 Å². The first kappa shape index (κ1) is 7.98. The number of nitrogens with one attached hydrogen (secondary N) is 1. The third kappa shape index (κ3) is 1.59. The molecule has 0 aliphatic rings. The molecule has 66 valence electrons. The van der Waals surface area contributed by atoms with Crippen LogP contribution in [0.15, 0.2) is 36.7 Å². The monoisotopic (exact) mass is 176 g/mol. The summed E-state index contributed by atoms with van der Waals surface area (Å²) in [4.78, 5) is 7.38. The van der Waals surface area contributed by atoms with Crippen LogP contribution in [0, 0.1) is 0 Å². The SMILES string of the molecule is FC=CCc1nc2ccccc2[nH]1. The summed E-state index contributed by atoms with van der Waals surface area (Å²) in [5.41, 5.74) is 1.91. The maximum atomic E-state index is 11.7. The van der Waals surface area contributed by atoms with Crippen molar-refractivity contribution in [1.29, 1.82) is 0 Å². The fourth-order valence-electron chi connectivity index (χ4n) is 1.26. The lowest BCUT2D eigenvalue weighted by atomic mass is 10.3. The molecule has 2 rings (SSSR count). The average Bonchev–Trinajstić information content (AvgIpc) is 2.57. The Balaban J connectivity index is 2.38. The minimum absolute atomic E-state index is 0.505. The van der Waals surface area contributed by atoms with Crippen LogP contribution in [0.3, 0.4) is 0 Å². The smallest absolute Gasteiger partial charge is 0.111 e. The van der Waals surface area contributed by atoms with Crippen molar-refractivity contribution in [2.24, 2.45) is 0 Å². The molecule has 0 bridgehead atoms. The number of hydrogen-bond donors (Lipinski definition) is 1. The summed E-state index contributed by atoms with van der Waals surface area (Å²) < 4.78 is 11.7. The van der Waals surface area contributed by atoms with Crippen LogP contribution in [0.25, 0.3) is 11.0 Å². The number of H-pyrrole nitrogens is 1. The van der Waals surface area contributed by atoms with E-state index in [0.29, 0.717) is 12.8 Å². The van der Waals surface area contributed by atoms with Crippen LogP contribution in [0.1, 0.15) is 5.82 Å². The second kappa shape index (κ2) is 3.39. The van der Waals surface area contributed by atoms with E-state index in [0.717, 1.165) is 16.9 Å². The van der Waals surface area contributed by atoms with Crippen molar-refractivity contribution in [3.05, 3.63) is 42.5 Å². The average molecular weight is 176 g/mol. The van der Waals surface area contributed by atoms with Gasteiger partial charge in [-0.15, -0.1) is 0 Å². The van der Waals surface area contributed by atoms with E-state index in [1.807, 2.05) is 24.3 Å². The maximum Gasteiger partial charge on any atom is 0.111 e. The molecule has 2 aromatic rings. The summed E-state index contributed by atoms with van der Waals surface area (Å²) in [5.74, 6) is 0.787. The van der Waals surface area contributed by atoms with Gasteiger partial charge in [-0.2, -0.15) is 0 Å². The second-order valence-electron chi connectivity index (χ2n) is 2.77. The number of hydrogen-bond acceptors (Lipinski definition) is 1. The highest BCUT2D eigenvalue weighted by Crippen LogP contribution is 2.10. The molecule has 1 N–H and O–H groups in total. The molecule has 13 heavy (non-hydrogen) atoms. The number of aromatic amines is 1. The largest absolute Gasteiger partial charge is 0.342 e. The zero-order valence-corrected chi connectivity index (χ0v) is 7.00. The van der Waals surface area contributed by atoms with Gasteiger partial charge in [0, 0.05) is 6.42 Å². The first-order valence-corrected chi connectivity index (χ1v) is 4.09. The Morgan fingerprint density at radius 1 is 1.38 bits per heavy atom. The van der Waals surface area contributed by atoms with E-state index < -0.39 is 0 Å². The number of allylic oxidation sites excluding steroid dienone is 1. The summed E-state index contributed by atoms with van der Waals surface area (Å²) >= 11 is 0. The number of imidazole rings is 1. The molecule has 1 heterocycles. The zero-order chi connectivity index (χ0) is 9.10. The van der Waals surface area contributed by atoms with Crippen molar-refractivity contribution in [3.63, 3.8) is 0 Å². The van der Waals surface area contributed by atoms with Gasteiger partial charge in [0.15, 0.2) is 0 Å². The van der Waals surface area contributed by atoms with Gasteiger partial charge >= 0.3 is 0 Å². The predicted octanol–water partition coefficient (Wildman–Crippen LogP) is 2.59. The highest BCUT2D eigenvalue weighted by Gasteiger charge is 1.98. The quantitative estimate of drug-likeness (QED) is 0.748. The molecule has 0 fully saturated rings. The van der Waals surface area contributed by atoms with E-state index in [2.05, 4.69) is 9.97 Å². The summed E-state index contributed by atoms with van der Waals surface area (Å²) in [6.07, 6.45) is 2.47. The first-order chi connectivity index (χ1) is 6.40. The summed E-state index contributed by atoms with van der Waals surface area (Å²) in [6.45, 7) is 0. The van der Waals surface area contributed by atoms with Gasteiger partial charge in [0.05, 0.1) is 17.4 Å². The summed E-state index contributed by atoms with van der Waals surface area (Å²) in [5, 5.41) is 0. The first-order valence-electron chi connectivity index (χ1n) is 4.09. The zero-order valence-electron chi connectivity index (χ0n) is 7.00. The highest BCUT2D eigenvalue weighted by atomic mass is 19.1. The lowest BCUT2D eigenvalue weighted by molar-refractivity contribution is 0.715. The molecule has 0 saturated heterocycles. The van der Waals surface area contributed by atoms with Crippen LogP contribution >= 0.6 is 0 Å². The molecule has 0 atom stereocenters. The Kier molecular flexibility index (Phi) is 2.08. The van der Waals surface area contributed by atoms with Crippen molar-refractivity contribution in [3.8, 4) is 0 Å². The maximum absolute atomic E-state index is 11.7. The van der Waals surface area contributed by atoms with E-state index in [4.69, 9.17) is 0 Å². The number of nitrogens with zero attached hydrogens (tertiary/aromatic N) is 1. The Bertz CT molecular complexity index is 398. The number of benzene rings is 1. The topological polar surface area (TPSA) is 28.7 Å². The summed E-state index contributed by atoms with van der Waals surface area (Å²) in [7, 11) is 0. The Hall–Kier alpha value is -1.64. The van der Waals surface area contributed by atoms with E-state index in [1.165, 1.54) is 6.08 Å². The van der Waals surface area contributed by atoms with E-state index in [1.54, 1.807) is 0 Å². The van der Waals surface area contributed by atoms with Gasteiger partial charge in [0.25, 0.3) is 0 Å². The van der Waals surface area contributed by atoms with Crippen LogP contribution < -0.4 is 0 Å². The standard InChI is InChI=1S/C10H9FN2/c11-7-3-6-10-12-8-4-1-2-5-9(8)13-10/h1-5,7H,6H2,(H,12,13). The van der Waals surface area contributed by atoms with Crippen LogP contribution in [0.4, 0.5) is 4.39 Å². The van der Waals surface area contributed by atoms with E-state index in [-0.39, 0.29) is 0 Å². The van der Waals surface area contributed by atoms with Crippen LogP contribution in [-0.4, -0.2) is 9.97 Å². The predicted molar refractivity (Wildman–Crippen MR) is 50.0 cm³/mol. The molecule has 0 unspecified atom stereocenters. The highest BCUT2D eigenvalue weighted by molar-refractivity contribution is 5.74. The Morgan fingerprint density at radius 2 is 2.23 bits per heavy atom. The fourth-order valence-corrected chi connectivity index (χ4v) is 1.26. The number of fused-ring (bicyclic) bond motifs is 1. The second-order valence-corrected chi connectivity index (χ2v) is 2.77. The van der Waals surface area contributed by atoms with Gasteiger partial charge in [-0.05, 0) is 18.2 Å². The molecule has 0 saturated carbocycles. The van der Waals surface area contributed by atoms with Crippen molar-refractivity contribution >= 4 is 11.0 Å². The molecule has 0 aliphatic carbocycles. The van der Waals surface area contributed by atoms with Crippen molar-refractivity contribution in [1.82, 2.24) is 9.97 Å². The Morgan fingerprint density at radius 3 is 3.00 bits per heavy atom. The van der Waals surface area contributed by atoms with Gasteiger partial charge in [-0.1, -0.05) is 12.1 Å². The minimum atomic E-state index is 0.505. The number of halogens is 1. The number of rotatable bonds is 2. The molecule has 0 amide bonds. The van der Waals surface area contributed by atoms with E-state index in [9.17, 15) is 4.39 Å². The van der Waals surface area contributed by atoms with Crippen molar-refractivity contribution in [2.75, 3.05) is 0 Å². The lowest BCUT2D eigenvalue weighted by Crippen LogP contribution is -1.81. The summed E-state index contributed by atoms with van der Waals surface area (Å²) in [6, 6.07) is 7.74.